The molecule has 0 radical (unpaired) electrons. The third kappa shape index (κ3) is 3.99. The highest BCUT2D eigenvalue weighted by Gasteiger charge is 2.44. The van der Waals surface area contributed by atoms with Crippen LogP contribution in [0.3, 0.4) is 0 Å². The van der Waals surface area contributed by atoms with Crippen LogP contribution >= 0.6 is 0 Å². The fraction of sp³-hybridized carbons (Fsp3) is 0.556. The van der Waals surface area contributed by atoms with Crippen LogP contribution in [-0.4, -0.2) is 42.8 Å². The molecule has 6 heteroatoms. The molecular weight excluding hydrogens is 310 g/mol. The second kappa shape index (κ2) is 7.11. The summed E-state index contributed by atoms with van der Waals surface area (Å²) in [7, 11) is 2.93. The molecule has 1 aromatic carbocycles. The van der Waals surface area contributed by atoms with Crippen LogP contribution in [0.4, 0.5) is 4.79 Å². The molecule has 1 saturated heterocycles. The molecule has 1 heterocycles. The lowest BCUT2D eigenvalue weighted by Gasteiger charge is -2.31. The summed E-state index contributed by atoms with van der Waals surface area (Å²) in [5, 5.41) is 0. The van der Waals surface area contributed by atoms with E-state index in [0.29, 0.717) is 12.8 Å². The van der Waals surface area contributed by atoms with E-state index in [1.807, 2.05) is 24.3 Å². The van der Waals surface area contributed by atoms with E-state index in [-0.39, 0.29) is 6.04 Å². The number of methoxy groups -OCH3 is 2. The third-order valence-electron chi connectivity index (χ3n) is 3.96. The van der Waals surface area contributed by atoms with Crippen molar-refractivity contribution < 1.29 is 23.8 Å². The lowest BCUT2D eigenvalue weighted by Crippen LogP contribution is -2.44. The lowest BCUT2D eigenvalue weighted by molar-refractivity contribution is -0.146. The number of ether oxygens (including phenoxy) is 3. The molecule has 0 aliphatic carbocycles. The van der Waals surface area contributed by atoms with E-state index in [0.717, 1.165) is 11.3 Å². The fourth-order valence-corrected chi connectivity index (χ4v) is 2.90. The van der Waals surface area contributed by atoms with Crippen molar-refractivity contribution >= 4 is 12.1 Å². The van der Waals surface area contributed by atoms with E-state index in [4.69, 9.17) is 14.2 Å². The number of hydrogen-bond donors (Lipinski definition) is 0. The summed E-state index contributed by atoms with van der Waals surface area (Å²) < 4.78 is 15.5. The summed E-state index contributed by atoms with van der Waals surface area (Å²) in [4.78, 5) is 26.2. The van der Waals surface area contributed by atoms with Crippen LogP contribution in [0.25, 0.3) is 0 Å². The number of carbonyl (C=O) groups excluding carboxylic acids is 2. The molecule has 1 fully saturated rings. The van der Waals surface area contributed by atoms with Crippen LogP contribution in [0.2, 0.25) is 0 Å². The average molecular weight is 335 g/mol. The molecule has 132 valence electrons. The van der Waals surface area contributed by atoms with Crippen molar-refractivity contribution in [2.75, 3.05) is 14.2 Å². The molecule has 0 bridgehead atoms. The standard InChI is InChI=1S/C18H25NO5/c1-18(2,3)24-17(21)19-14(10-11-15(19)16(20)23-5)12-6-8-13(22-4)9-7-12/h6-9,14-15H,10-11H2,1-5H3/t14-,15-/m1/s1. The minimum Gasteiger partial charge on any atom is -0.497 e. The number of esters is 1. The highest BCUT2D eigenvalue weighted by atomic mass is 16.6. The minimum absolute atomic E-state index is 0.227. The van der Waals surface area contributed by atoms with E-state index in [9.17, 15) is 9.59 Å². The van der Waals surface area contributed by atoms with Gasteiger partial charge in [0, 0.05) is 0 Å². The van der Waals surface area contributed by atoms with Crippen LogP contribution in [-0.2, 0) is 14.3 Å². The Bertz CT molecular complexity index is 590. The van der Waals surface area contributed by atoms with Gasteiger partial charge in [0.25, 0.3) is 0 Å². The van der Waals surface area contributed by atoms with Crippen molar-refractivity contribution in [2.45, 2.75) is 51.3 Å². The van der Waals surface area contributed by atoms with Gasteiger partial charge < -0.3 is 14.2 Å². The molecule has 0 saturated carbocycles. The molecule has 1 amide bonds. The van der Waals surface area contributed by atoms with E-state index >= 15 is 0 Å². The summed E-state index contributed by atoms with van der Waals surface area (Å²) in [5.74, 6) is 0.321. The van der Waals surface area contributed by atoms with E-state index in [2.05, 4.69) is 0 Å². The molecule has 0 aromatic heterocycles. The van der Waals surface area contributed by atoms with Gasteiger partial charge in [-0.3, -0.25) is 4.90 Å². The first-order valence-electron chi connectivity index (χ1n) is 8.00. The van der Waals surface area contributed by atoms with Gasteiger partial charge in [0.2, 0.25) is 0 Å². The predicted octanol–water partition coefficient (Wildman–Crippen LogP) is 3.31. The Balaban J connectivity index is 2.30. The van der Waals surface area contributed by atoms with Crippen LogP contribution in [0.1, 0.15) is 45.2 Å². The van der Waals surface area contributed by atoms with Crippen LogP contribution in [0.5, 0.6) is 5.75 Å². The molecule has 24 heavy (non-hydrogen) atoms. The number of carbonyl (C=O) groups is 2. The van der Waals surface area contributed by atoms with Gasteiger partial charge in [-0.15, -0.1) is 0 Å². The second-order valence-electron chi connectivity index (χ2n) is 6.79. The Morgan fingerprint density at radius 2 is 1.71 bits per heavy atom. The van der Waals surface area contributed by atoms with Crippen molar-refractivity contribution in [2.24, 2.45) is 0 Å². The molecule has 1 aliphatic heterocycles. The fourth-order valence-electron chi connectivity index (χ4n) is 2.90. The minimum atomic E-state index is -0.634. The Kier molecular flexibility index (Phi) is 5.36. The second-order valence-corrected chi connectivity index (χ2v) is 6.79. The largest absolute Gasteiger partial charge is 0.497 e. The molecule has 6 nitrogen and oxygen atoms in total. The van der Waals surface area contributed by atoms with Gasteiger partial charge in [0.05, 0.1) is 20.3 Å². The number of likely N-dealkylation sites (tertiary alicyclic amines) is 1. The maximum atomic E-state index is 12.7. The van der Waals surface area contributed by atoms with Gasteiger partial charge in [-0.2, -0.15) is 0 Å². The van der Waals surface area contributed by atoms with Crippen molar-refractivity contribution in [3.8, 4) is 5.75 Å². The maximum absolute atomic E-state index is 12.7. The molecule has 2 rings (SSSR count). The first kappa shape index (κ1) is 18.1. The van der Waals surface area contributed by atoms with E-state index < -0.39 is 23.7 Å². The quantitative estimate of drug-likeness (QED) is 0.793. The number of benzene rings is 1. The Morgan fingerprint density at radius 1 is 1.08 bits per heavy atom. The molecule has 1 aliphatic rings. The zero-order valence-electron chi connectivity index (χ0n) is 14.9. The summed E-state index contributed by atoms with van der Waals surface area (Å²) in [6, 6.07) is 6.63. The van der Waals surface area contributed by atoms with Gasteiger partial charge in [-0.25, -0.2) is 9.59 Å². The van der Waals surface area contributed by atoms with E-state index in [1.54, 1.807) is 27.9 Å². The monoisotopic (exact) mass is 335 g/mol. The first-order chi connectivity index (χ1) is 11.3. The normalized spacial score (nSPS) is 20.6. The highest BCUT2D eigenvalue weighted by Crippen LogP contribution is 2.38. The average Bonchev–Trinajstić information content (AvgIpc) is 2.97. The number of hydrogen-bond acceptors (Lipinski definition) is 5. The highest BCUT2D eigenvalue weighted by molar-refractivity contribution is 5.82. The number of amides is 1. The Morgan fingerprint density at radius 3 is 2.21 bits per heavy atom. The summed E-state index contributed by atoms with van der Waals surface area (Å²) in [6.07, 6.45) is 0.713. The molecular formula is C18H25NO5. The van der Waals surface area contributed by atoms with Crippen LogP contribution in [0, 0.1) is 0 Å². The summed E-state index contributed by atoms with van der Waals surface area (Å²) in [6.45, 7) is 5.41. The molecule has 0 N–H and O–H groups in total. The lowest BCUT2D eigenvalue weighted by atomic mass is 10.0. The van der Waals surface area contributed by atoms with Gasteiger partial charge >= 0.3 is 12.1 Å². The van der Waals surface area contributed by atoms with Gasteiger partial charge in [0.1, 0.15) is 17.4 Å². The predicted molar refractivity (Wildman–Crippen MR) is 88.8 cm³/mol. The van der Waals surface area contributed by atoms with Gasteiger partial charge in [-0.05, 0) is 51.3 Å². The summed E-state index contributed by atoms with van der Waals surface area (Å²) >= 11 is 0. The molecule has 1 aromatic rings. The number of rotatable bonds is 3. The van der Waals surface area contributed by atoms with Crippen molar-refractivity contribution in [3.05, 3.63) is 29.8 Å². The smallest absolute Gasteiger partial charge is 0.411 e. The molecule has 0 unspecified atom stereocenters. The number of nitrogens with zero attached hydrogens (tertiary/aromatic N) is 1. The van der Waals surface area contributed by atoms with Crippen molar-refractivity contribution in [1.82, 2.24) is 4.90 Å². The van der Waals surface area contributed by atoms with Crippen molar-refractivity contribution in [1.29, 1.82) is 0 Å². The van der Waals surface area contributed by atoms with Crippen LogP contribution < -0.4 is 4.74 Å². The molecule has 2 atom stereocenters. The topological polar surface area (TPSA) is 65.1 Å². The SMILES string of the molecule is COC(=O)[C@H]1CC[C@H](c2ccc(OC)cc2)N1C(=O)OC(C)(C)C. The third-order valence-corrected chi connectivity index (χ3v) is 3.96. The summed E-state index contributed by atoms with van der Waals surface area (Å²) in [5.41, 5.74) is 0.304. The molecule has 0 spiro atoms. The Labute approximate surface area is 142 Å². The maximum Gasteiger partial charge on any atom is 0.411 e. The van der Waals surface area contributed by atoms with E-state index in [1.165, 1.54) is 12.0 Å². The zero-order chi connectivity index (χ0) is 17.9. The van der Waals surface area contributed by atoms with Crippen LogP contribution in [0.15, 0.2) is 24.3 Å². The Hall–Kier alpha value is -2.24. The van der Waals surface area contributed by atoms with Crippen molar-refractivity contribution in [3.63, 3.8) is 0 Å². The zero-order valence-corrected chi connectivity index (χ0v) is 14.9. The van der Waals surface area contributed by atoms with Gasteiger partial charge in [0.15, 0.2) is 0 Å². The first-order valence-corrected chi connectivity index (χ1v) is 8.00. The van der Waals surface area contributed by atoms with Gasteiger partial charge in [-0.1, -0.05) is 12.1 Å².